The topological polar surface area (TPSA) is 34.1 Å². The first-order valence-corrected chi connectivity index (χ1v) is 8.33. The van der Waals surface area contributed by atoms with Crippen LogP contribution in [0.4, 0.5) is 5.69 Å². The number of methoxy groups -OCH3 is 1. The third-order valence-electron chi connectivity index (χ3n) is 2.57. The lowest BCUT2D eigenvalue weighted by Crippen LogP contribution is -2.03. The van der Waals surface area contributed by atoms with Crippen LogP contribution in [0.2, 0.25) is 5.15 Å². The molecule has 1 heterocycles. The number of aromatic nitrogens is 1. The molecule has 20 heavy (non-hydrogen) atoms. The van der Waals surface area contributed by atoms with Crippen LogP contribution in [0.3, 0.4) is 0 Å². The lowest BCUT2D eigenvalue weighted by molar-refractivity contribution is 0.407. The molecule has 7 heteroatoms. The molecule has 3 nitrogen and oxygen atoms in total. The van der Waals surface area contributed by atoms with Gasteiger partial charge in [-0.15, -0.1) is 0 Å². The molecule has 2 aromatic rings. The van der Waals surface area contributed by atoms with Crippen molar-refractivity contribution < 1.29 is 4.74 Å². The predicted octanol–water partition coefficient (Wildman–Crippen LogP) is 5.64. The van der Waals surface area contributed by atoms with Gasteiger partial charge in [-0.05, 0) is 50.1 Å². The van der Waals surface area contributed by atoms with Gasteiger partial charge in [-0.2, -0.15) is 0 Å². The molecule has 0 unspecified atom stereocenters. The Balaban J connectivity index is 2.20. The molecule has 0 saturated carbocycles. The van der Waals surface area contributed by atoms with Crippen molar-refractivity contribution in [2.24, 2.45) is 0 Å². The number of hydrogen-bond donors (Lipinski definition) is 1. The van der Waals surface area contributed by atoms with E-state index in [-0.39, 0.29) is 0 Å². The highest BCUT2D eigenvalue weighted by molar-refractivity contribution is 9.11. The molecule has 106 valence electrons. The van der Waals surface area contributed by atoms with E-state index in [9.17, 15) is 0 Å². The molecule has 0 saturated heterocycles. The normalized spacial score (nSPS) is 10.4. The minimum absolute atomic E-state index is 0.443. The third kappa shape index (κ3) is 3.87. The van der Waals surface area contributed by atoms with E-state index in [2.05, 4.69) is 58.1 Å². The lowest BCUT2D eigenvalue weighted by atomic mass is 10.2. The van der Waals surface area contributed by atoms with Gasteiger partial charge in [0.1, 0.15) is 10.9 Å². The second-order valence-corrected chi connectivity index (χ2v) is 6.91. The molecule has 0 aliphatic heterocycles. The van der Waals surface area contributed by atoms with Gasteiger partial charge in [-0.25, -0.2) is 4.98 Å². The molecule has 0 aliphatic carbocycles. The van der Waals surface area contributed by atoms with Crippen LogP contribution in [-0.2, 0) is 6.54 Å². The van der Waals surface area contributed by atoms with Gasteiger partial charge in [0.2, 0.25) is 0 Å². The van der Waals surface area contributed by atoms with Crippen molar-refractivity contribution in [3.05, 3.63) is 48.5 Å². The van der Waals surface area contributed by atoms with E-state index in [1.165, 1.54) is 0 Å². The summed E-state index contributed by atoms with van der Waals surface area (Å²) in [6.07, 6.45) is 1.69. The van der Waals surface area contributed by atoms with Gasteiger partial charge in [0.05, 0.1) is 27.9 Å². The minimum atomic E-state index is 0.443. The van der Waals surface area contributed by atoms with E-state index < -0.39 is 0 Å². The molecule has 0 spiro atoms. The first-order chi connectivity index (χ1) is 9.51. The Morgan fingerprint density at radius 1 is 1.20 bits per heavy atom. The fraction of sp³-hybridized carbons (Fsp3) is 0.154. The predicted molar refractivity (Wildman–Crippen MR) is 92.7 cm³/mol. The second kappa shape index (κ2) is 7.11. The van der Waals surface area contributed by atoms with Crippen molar-refractivity contribution in [1.29, 1.82) is 0 Å². The molecule has 0 fully saturated rings. The first kappa shape index (κ1) is 16.1. The van der Waals surface area contributed by atoms with E-state index in [0.29, 0.717) is 11.7 Å². The number of halogens is 4. The first-order valence-electron chi connectivity index (χ1n) is 5.58. The summed E-state index contributed by atoms with van der Waals surface area (Å²) in [5.74, 6) is 0.807. The van der Waals surface area contributed by atoms with Crippen molar-refractivity contribution in [1.82, 2.24) is 4.98 Å². The number of nitrogens with zero attached hydrogens (tertiary/aromatic N) is 1. The molecule has 1 aromatic carbocycles. The van der Waals surface area contributed by atoms with Gasteiger partial charge in [-0.3, -0.25) is 0 Å². The van der Waals surface area contributed by atoms with Crippen molar-refractivity contribution >= 4 is 65.1 Å². The quantitative estimate of drug-likeness (QED) is 0.569. The molecular weight excluding hydrogens is 475 g/mol. The summed E-state index contributed by atoms with van der Waals surface area (Å²) in [6, 6.07) is 5.84. The van der Waals surface area contributed by atoms with Crippen molar-refractivity contribution in [3.63, 3.8) is 0 Å². The van der Waals surface area contributed by atoms with Gasteiger partial charge in [-0.1, -0.05) is 27.5 Å². The van der Waals surface area contributed by atoms with Crippen LogP contribution in [0.1, 0.15) is 5.56 Å². The Morgan fingerprint density at radius 2 is 1.95 bits per heavy atom. The van der Waals surface area contributed by atoms with Gasteiger partial charge in [0.15, 0.2) is 0 Å². The monoisotopic (exact) mass is 482 g/mol. The second-order valence-electron chi connectivity index (χ2n) is 3.93. The largest absolute Gasteiger partial charge is 0.495 e. The van der Waals surface area contributed by atoms with Crippen LogP contribution in [0.15, 0.2) is 37.8 Å². The number of nitrogens with one attached hydrogen (secondary N) is 1. The number of hydrogen-bond acceptors (Lipinski definition) is 3. The summed E-state index contributed by atoms with van der Waals surface area (Å²) < 4.78 is 8.05. The molecule has 1 aromatic heterocycles. The zero-order valence-electron chi connectivity index (χ0n) is 10.4. The maximum atomic E-state index is 5.87. The van der Waals surface area contributed by atoms with E-state index in [4.69, 9.17) is 16.3 Å². The summed E-state index contributed by atoms with van der Waals surface area (Å²) in [5, 5.41) is 3.73. The number of benzene rings is 1. The molecule has 0 amide bonds. The van der Waals surface area contributed by atoms with Crippen LogP contribution < -0.4 is 10.1 Å². The molecule has 0 radical (unpaired) electrons. The SMILES string of the molecule is COc1c(Br)cc(Br)cc1CNc1cnc(Cl)c(Br)c1. The van der Waals surface area contributed by atoms with Crippen molar-refractivity contribution in [2.75, 3.05) is 12.4 Å². The summed E-state index contributed by atoms with van der Waals surface area (Å²) in [6.45, 7) is 0.608. The number of pyridine rings is 1. The van der Waals surface area contributed by atoms with Crippen LogP contribution >= 0.6 is 59.4 Å². The fourth-order valence-electron chi connectivity index (χ4n) is 1.69. The van der Waals surface area contributed by atoms with Crippen molar-refractivity contribution in [3.8, 4) is 5.75 Å². The van der Waals surface area contributed by atoms with Gasteiger partial charge in [0, 0.05) is 16.6 Å². The average molecular weight is 485 g/mol. The zero-order valence-corrected chi connectivity index (χ0v) is 15.9. The van der Waals surface area contributed by atoms with Gasteiger partial charge >= 0.3 is 0 Å². The Labute approximate surface area is 147 Å². The molecule has 1 N–H and O–H groups in total. The zero-order chi connectivity index (χ0) is 14.7. The summed E-state index contributed by atoms with van der Waals surface area (Å²) >= 11 is 16.2. The third-order valence-corrected chi connectivity index (χ3v) is 4.75. The number of rotatable bonds is 4. The smallest absolute Gasteiger partial charge is 0.143 e. The number of ether oxygens (including phenoxy) is 1. The van der Waals surface area contributed by atoms with Crippen LogP contribution in [0.25, 0.3) is 0 Å². The average Bonchev–Trinajstić information content (AvgIpc) is 2.39. The Kier molecular flexibility index (Phi) is 5.72. The van der Waals surface area contributed by atoms with E-state index >= 15 is 0 Å². The highest BCUT2D eigenvalue weighted by atomic mass is 79.9. The van der Waals surface area contributed by atoms with Gasteiger partial charge in [0.25, 0.3) is 0 Å². The molecule has 0 bridgehead atoms. The van der Waals surface area contributed by atoms with Crippen LogP contribution in [0, 0.1) is 0 Å². The maximum absolute atomic E-state index is 5.87. The van der Waals surface area contributed by atoms with Gasteiger partial charge < -0.3 is 10.1 Å². The summed E-state index contributed by atoms with van der Waals surface area (Å²) in [7, 11) is 1.65. The molecule has 2 rings (SSSR count). The Morgan fingerprint density at radius 3 is 2.60 bits per heavy atom. The summed E-state index contributed by atoms with van der Waals surface area (Å²) in [5.41, 5.74) is 1.90. The standard InChI is InChI=1S/C13H10Br3ClN2O/c1-20-12-7(2-8(14)3-10(12)15)5-18-9-4-11(16)13(17)19-6-9/h2-4,6,18H,5H2,1H3. The van der Waals surface area contributed by atoms with E-state index in [1.807, 2.05) is 18.2 Å². The highest BCUT2D eigenvalue weighted by Gasteiger charge is 2.09. The molecule has 0 atom stereocenters. The van der Waals surface area contributed by atoms with Crippen molar-refractivity contribution in [2.45, 2.75) is 6.54 Å². The maximum Gasteiger partial charge on any atom is 0.143 e. The number of anilines is 1. The fourth-order valence-corrected chi connectivity index (χ4v) is 3.62. The molecular formula is C13H10Br3ClN2O. The summed E-state index contributed by atoms with van der Waals surface area (Å²) in [4.78, 5) is 4.07. The lowest BCUT2D eigenvalue weighted by Gasteiger charge is -2.13. The Hall–Kier alpha value is -0.300. The van der Waals surface area contributed by atoms with E-state index in [1.54, 1.807) is 13.3 Å². The van der Waals surface area contributed by atoms with Crippen LogP contribution in [0.5, 0.6) is 5.75 Å². The highest BCUT2D eigenvalue weighted by Crippen LogP contribution is 2.33. The minimum Gasteiger partial charge on any atom is -0.495 e. The van der Waals surface area contributed by atoms with E-state index in [0.717, 1.165) is 30.4 Å². The Bertz CT molecular complexity index is 637. The molecule has 0 aliphatic rings. The van der Waals surface area contributed by atoms with Crippen LogP contribution in [-0.4, -0.2) is 12.1 Å².